The Labute approximate surface area is 126 Å². The van der Waals surface area contributed by atoms with Crippen LogP contribution >= 0.6 is 0 Å². The molecule has 1 saturated carbocycles. The zero-order valence-corrected chi connectivity index (χ0v) is 12.6. The third-order valence-electron chi connectivity index (χ3n) is 4.40. The van der Waals surface area contributed by atoms with Crippen LogP contribution in [0.15, 0.2) is 24.3 Å². The molecular weight excluding hydrogens is 266 g/mol. The molecule has 1 aromatic carbocycles. The number of rotatable bonds is 6. The van der Waals surface area contributed by atoms with E-state index in [2.05, 4.69) is 5.32 Å². The third kappa shape index (κ3) is 4.46. The first kappa shape index (κ1) is 15.8. The van der Waals surface area contributed by atoms with Crippen LogP contribution in [0, 0.1) is 0 Å². The standard InChI is InChI=1S/C17H25NO3/c1-2-3-16(17(20)21)18-14-8-4-12(5-9-14)13-6-10-15(19)11-7-13/h6-7,10-12,14,16,18-19H,2-5,8-9H2,1H3,(H,20,21). The Morgan fingerprint density at radius 1 is 1.24 bits per heavy atom. The summed E-state index contributed by atoms with van der Waals surface area (Å²) in [4.78, 5) is 11.2. The number of benzene rings is 1. The summed E-state index contributed by atoms with van der Waals surface area (Å²) in [6.07, 6.45) is 5.74. The molecule has 1 atom stereocenters. The van der Waals surface area contributed by atoms with Crippen LogP contribution in [0.3, 0.4) is 0 Å². The highest BCUT2D eigenvalue weighted by molar-refractivity contribution is 5.73. The van der Waals surface area contributed by atoms with E-state index in [4.69, 9.17) is 0 Å². The highest BCUT2D eigenvalue weighted by Gasteiger charge is 2.26. The molecule has 0 aliphatic heterocycles. The van der Waals surface area contributed by atoms with Gasteiger partial charge in [-0.3, -0.25) is 4.79 Å². The molecule has 1 aliphatic rings. The Morgan fingerprint density at radius 3 is 2.38 bits per heavy atom. The van der Waals surface area contributed by atoms with Crippen molar-refractivity contribution in [2.45, 2.75) is 63.5 Å². The zero-order chi connectivity index (χ0) is 15.2. The maximum Gasteiger partial charge on any atom is 0.320 e. The maximum absolute atomic E-state index is 11.2. The first-order valence-electron chi connectivity index (χ1n) is 7.88. The van der Waals surface area contributed by atoms with Gasteiger partial charge in [0.15, 0.2) is 0 Å². The average molecular weight is 291 g/mol. The molecule has 4 nitrogen and oxygen atoms in total. The molecule has 1 aliphatic carbocycles. The van der Waals surface area contributed by atoms with Gasteiger partial charge in [0.1, 0.15) is 11.8 Å². The van der Waals surface area contributed by atoms with Gasteiger partial charge in [-0.2, -0.15) is 0 Å². The first-order valence-corrected chi connectivity index (χ1v) is 7.88. The summed E-state index contributed by atoms with van der Waals surface area (Å²) >= 11 is 0. The fraction of sp³-hybridized carbons (Fsp3) is 0.588. The van der Waals surface area contributed by atoms with E-state index in [0.29, 0.717) is 24.1 Å². The highest BCUT2D eigenvalue weighted by atomic mass is 16.4. The molecule has 1 unspecified atom stereocenters. The van der Waals surface area contributed by atoms with E-state index in [1.807, 2.05) is 19.1 Å². The van der Waals surface area contributed by atoms with E-state index < -0.39 is 12.0 Å². The van der Waals surface area contributed by atoms with E-state index >= 15 is 0 Å². The van der Waals surface area contributed by atoms with Gasteiger partial charge in [-0.25, -0.2) is 0 Å². The number of phenolic OH excluding ortho intramolecular Hbond substituents is 1. The molecule has 0 saturated heterocycles. The van der Waals surface area contributed by atoms with Gasteiger partial charge in [-0.1, -0.05) is 25.5 Å². The molecule has 0 spiro atoms. The Hall–Kier alpha value is -1.55. The lowest BCUT2D eigenvalue weighted by Gasteiger charge is -2.31. The van der Waals surface area contributed by atoms with Gasteiger partial charge in [0.25, 0.3) is 0 Å². The lowest BCUT2D eigenvalue weighted by molar-refractivity contribution is -0.140. The number of phenols is 1. The molecule has 1 aromatic rings. The number of aliphatic carboxylic acids is 1. The number of carbonyl (C=O) groups is 1. The number of nitrogens with one attached hydrogen (secondary N) is 1. The van der Waals surface area contributed by atoms with Crippen molar-refractivity contribution in [3.63, 3.8) is 0 Å². The van der Waals surface area contributed by atoms with Crippen molar-refractivity contribution >= 4 is 5.97 Å². The van der Waals surface area contributed by atoms with Gasteiger partial charge in [0, 0.05) is 6.04 Å². The normalized spacial score (nSPS) is 23.7. The van der Waals surface area contributed by atoms with Crippen LogP contribution in [0.5, 0.6) is 5.75 Å². The van der Waals surface area contributed by atoms with Crippen LogP contribution in [-0.4, -0.2) is 28.3 Å². The van der Waals surface area contributed by atoms with Crippen molar-refractivity contribution in [1.29, 1.82) is 0 Å². The fourth-order valence-electron chi connectivity index (χ4n) is 3.19. The van der Waals surface area contributed by atoms with E-state index in [9.17, 15) is 15.0 Å². The fourth-order valence-corrected chi connectivity index (χ4v) is 3.19. The van der Waals surface area contributed by atoms with Crippen LogP contribution < -0.4 is 5.32 Å². The van der Waals surface area contributed by atoms with Gasteiger partial charge in [-0.15, -0.1) is 0 Å². The molecule has 1 fully saturated rings. The van der Waals surface area contributed by atoms with E-state index in [-0.39, 0.29) is 0 Å². The van der Waals surface area contributed by atoms with Crippen molar-refractivity contribution in [3.05, 3.63) is 29.8 Å². The minimum Gasteiger partial charge on any atom is -0.508 e. The van der Waals surface area contributed by atoms with Gasteiger partial charge in [-0.05, 0) is 55.7 Å². The predicted molar refractivity (Wildman–Crippen MR) is 82.6 cm³/mol. The van der Waals surface area contributed by atoms with Gasteiger partial charge in [0.05, 0.1) is 0 Å². The molecule has 0 heterocycles. The average Bonchev–Trinajstić information content (AvgIpc) is 2.48. The summed E-state index contributed by atoms with van der Waals surface area (Å²) in [6.45, 7) is 2.01. The van der Waals surface area contributed by atoms with Crippen LogP contribution in [0.4, 0.5) is 0 Å². The smallest absolute Gasteiger partial charge is 0.320 e. The minimum atomic E-state index is -0.738. The Kier molecular flexibility index (Phi) is 5.62. The van der Waals surface area contributed by atoms with Crippen molar-refractivity contribution in [3.8, 4) is 5.75 Å². The van der Waals surface area contributed by atoms with Crippen LogP contribution in [0.2, 0.25) is 0 Å². The monoisotopic (exact) mass is 291 g/mol. The lowest BCUT2D eigenvalue weighted by atomic mass is 9.81. The highest BCUT2D eigenvalue weighted by Crippen LogP contribution is 2.33. The molecule has 3 N–H and O–H groups in total. The molecular formula is C17H25NO3. The minimum absolute atomic E-state index is 0.304. The molecule has 0 radical (unpaired) electrons. The number of aromatic hydroxyl groups is 1. The summed E-state index contributed by atoms with van der Waals surface area (Å²) in [6, 6.07) is 7.36. The first-order chi connectivity index (χ1) is 10.1. The van der Waals surface area contributed by atoms with E-state index in [0.717, 1.165) is 32.1 Å². The largest absolute Gasteiger partial charge is 0.508 e. The SMILES string of the molecule is CCCC(NC1CCC(c2ccc(O)cc2)CC1)C(=O)O. The molecule has 0 amide bonds. The summed E-state index contributed by atoms with van der Waals surface area (Å²) in [5.41, 5.74) is 1.27. The predicted octanol–water partition coefficient (Wildman–Crippen LogP) is 3.26. The number of carboxylic acids is 1. The summed E-state index contributed by atoms with van der Waals surface area (Å²) < 4.78 is 0. The Balaban J connectivity index is 1.85. The molecule has 4 heteroatoms. The molecule has 0 bridgehead atoms. The second kappa shape index (κ2) is 7.46. The van der Waals surface area contributed by atoms with Crippen molar-refractivity contribution in [1.82, 2.24) is 5.32 Å². The Morgan fingerprint density at radius 2 is 1.86 bits per heavy atom. The maximum atomic E-state index is 11.2. The number of hydrogen-bond acceptors (Lipinski definition) is 3. The topological polar surface area (TPSA) is 69.6 Å². The van der Waals surface area contributed by atoms with Gasteiger partial charge < -0.3 is 15.5 Å². The van der Waals surface area contributed by atoms with Crippen LogP contribution in [0.1, 0.15) is 56.9 Å². The van der Waals surface area contributed by atoms with E-state index in [1.54, 1.807) is 12.1 Å². The second-order valence-electron chi connectivity index (χ2n) is 5.99. The van der Waals surface area contributed by atoms with Crippen LogP contribution in [-0.2, 0) is 4.79 Å². The van der Waals surface area contributed by atoms with Crippen LogP contribution in [0.25, 0.3) is 0 Å². The quantitative estimate of drug-likeness (QED) is 0.752. The lowest BCUT2D eigenvalue weighted by Crippen LogP contribution is -2.44. The van der Waals surface area contributed by atoms with Crippen molar-refractivity contribution in [2.75, 3.05) is 0 Å². The van der Waals surface area contributed by atoms with Crippen molar-refractivity contribution < 1.29 is 15.0 Å². The zero-order valence-electron chi connectivity index (χ0n) is 12.6. The van der Waals surface area contributed by atoms with Gasteiger partial charge >= 0.3 is 5.97 Å². The number of hydrogen-bond donors (Lipinski definition) is 3. The summed E-state index contributed by atoms with van der Waals surface area (Å²) in [5, 5.41) is 21.8. The third-order valence-corrected chi connectivity index (χ3v) is 4.40. The number of carboxylic acid groups (broad SMARTS) is 1. The molecule has 0 aromatic heterocycles. The molecule has 116 valence electrons. The molecule has 2 rings (SSSR count). The Bertz CT molecular complexity index is 450. The second-order valence-corrected chi connectivity index (χ2v) is 5.99. The molecule has 21 heavy (non-hydrogen) atoms. The van der Waals surface area contributed by atoms with E-state index in [1.165, 1.54) is 5.56 Å². The summed E-state index contributed by atoms with van der Waals surface area (Å²) in [7, 11) is 0. The van der Waals surface area contributed by atoms with Gasteiger partial charge in [0.2, 0.25) is 0 Å². The van der Waals surface area contributed by atoms with Crippen molar-refractivity contribution in [2.24, 2.45) is 0 Å². The summed E-state index contributed by atoms with van der Waals surface area (Å²) in [5.74, 6) is 0.0913.